The minimum absolute atomic E-state index is 0.140. The van der Waals surface area contributed by atoms with E-state index in [2.05, 4.69) is 4.74 Å². The van der Waals surface area contributed by atoms with Crippen LogP contribution in [0.15, 0.2) is 47.4 Å². The molecule has 1 aliphatic heterocycles. The largest absolute Gasteiger partial charge is 0.573 e. The van der Waals surface area contributed by atoms with E-state index in [1.165, 1.54) is 12.1 Å². The molecule has 0 saturated heterocycles. The molecule has 34 heavy (non-hydrogen) atoms. The third-order valence-corrected chi connectivity index (χ3v) is 6.87. The first-order valence-electron chi connectivity index (χ1n) is 11.0. The zero-order chi connectivity index (χ0) is 25.3. The van der Waals surface area contributed by atoms with Gasteiger partial charge in [0.15, 0.2) is 9.84 Å². The van der Waals surface area contributed by atoms with Crippen LogP contribution in [-0.4, -0.2) is 37.7 Å². The van der Waals surface area contributed by atoms with Gasteiger partial charge in [0, 0.05) is 18.7 Å². The number of rotatable bonds is 8. The molecular formula is C25H30F3NO4S. The first kappa shape index (κ1) is 26.1. The van der Waals surface area contributed by atoms with E-state index in [9.17, 15) is 21.6 Å². The third kappa shape index (κ3) is 6.99. The van der Waals surface area contributed by atoms with Crippen LogP contribution in [0.5, 0.6) is 11.5 Å². The Morgan fingerprint density at radius 3 is 2.47 bits per heavy atom. The lowest BCUT2D eigenvalue weighted by molar-refractivity contribution is -0.275. The van der Waals surface area contributed by atoms with Crippen molar-refractivity contribution in [3.05, 3.63) is 59.2 Å². The van der Waals surface area contributed by atoms with Gasteiger partial charge in [0.25, 0.3) is 0 Å². The Balaban J connectivity index is 1.87. The average molecular weight is 498 g/mol. The molecule has 0 N–H and O–H groups in total. The Labute approximate surface area is 199 Å². The number of fused-ring (bicyclic) bond motifs is 1. The van der Waals surface area contributed by atoms with E-state index in [-0.39, 0.29) is 5.92 Å². The van der Waals surface area contributed by atoms with Gasteiger partial charge in [0.1, 0.15) is 27.9 Å². The number of alkyl halides is 3. The quantitative estimate of drug-likeness (QED) is 0.450. The van der Waals surface area contributed by atoms with Crippen LogP contribution in [0.4, 0.5) is 13.2 Å². The molecule has 0 aromatic heterocycles. The fourth-order valence-corrected chi connectivity index (χ4v) is 5.35. The van der Waals surface area contributed by atoms with E-state index in [0.29, 0.717) is 18.7 Å². The maximum Gasteiger partial charge on any atom is 0.573 e. The summed E-state index contributed by atoms with van der Waals surface area (Å²) in [5.74, 6) is -0.275. The second kappa shape index (κ2) is 9.62. The number of ether oxygens (including phenoxy) is 2. The van der Waals surface area contributed by atoms with Gasteiger partial charge in [-0.2, -0.15) is 0 Å². The molecule has 0 radical (unpaired) electrons. The molecule has 0 fully saturated rings. The number of aryl methyl sites for hydroxylation is 1. The Kier molecular flexibility index (Phi) is 7.38. The molecule has 0 saturated carbocycles. The van der Waals surface area contributed by atoms with Crippen LogP contribution in [-0.2, 0) is 16.4 Å². The summed E-state index contributed by atoms with van der Waals surface area (Å²) in [5, 5.41) is 0. The van der Waals surface area contributed by atoms with Gasteiger partial charge in [-0.3, -0.25) is 4.90 Å². The highest BCUT2D eigenvalue weighted by atomic mass is 32.2. The van der Waals surface area contributed by atoms with Crippen molar-refractivity contribution in [2.24, 2.45) is 5.92 Å². The molecule has 1 aliphatic rings. The highest BCUT2D eigenvalue weighted by Crippen LogP contribution is 2.33. The first-order chi connectivity index (χ1) is 15.6. The molecular weight excluding hydrogens is 467 g/mol. The SMILES string of the molecule is Cc1ccc(S(=O)(=O)CN(Cc2ccc3c(c2)C=CC(C)(C)O3)CC(C)C)c(OC(F)(F)F)c1. The molecule has 2 aromatic rings. The van der Waals surface area contributed by atoms with Crippen LogP contribution in [0.3, 0.4) is 0 Å². The standard InChI is InChI=1S/C25H30F3NO4S/c1-17(2)14-29(15-19-7-8-21-20(13-19)10-11-24(4,5)32-21)16-34(30,31)23-9-6-18(3)12-22(23)33-25(26,27)28/h6-13,17H,14-16H2,1-5H3. The van der Waals surface area contributed by atoms with Crippen LogP contribution in [0.2, 0.25) is 0 Å². The van der Waals surface area contributed by atoms with Gasteiger partial charge in [0.05, 0.1) is 0 Å². The molecule has 9 heteroatoms. The van der Waals surface area contributed by atoms with E-state index in [0.717, 1.165) is 22.9 Å². The number of hydrogen-bond donors (Lipinski definition) is 0. The Morgan fingerprint density at radius 2 is 1.82 bits per heavy atom. The van der Waals surface area contributed by atoms with Crippen molar-refractivity contribution < 1.29 is 31.1 Å². The lowest BCUT2D eigenvalue weighted by Gasteiger charge is -2.29. The van der Waals surface area contributed by atoms with Crippen LogP contribution < -0.4 is 9.47 Å². The summed E-state index contributed by atoms with van der Waals surface area (Å²) in [6.45, 7) is 10.1. The fourth-order valence-electron chi connectivity index (χ4n) is 3.85. The van der Waals surface area contributed by atoms with Crippen molar-refractivity contribution in [2.75, 3.05) is 12.4 Å². The van der Waals surface area contributed by atoms with Gasteiger partial charge < -0.3 is 9.47 Å². The molecule has 0 bridgehead atoms. The Hall–Kier alpha value is -2.52. The molecule has 0 atom stereocenters. The Morgan fingerprint density at radius 1 is 1.12 bits per heavy atom. The van der Waals surface area contributed by atoms with Crippen LogP contribution >= 0.6 is 0 Å². The second-order valence-electron chi connectivity index (χ2n) is 9.56. The molecule has 3 rings (SSSR count). The average Bonchev–Trinajstić information content (AvgIpc) is 2.65. The zero-order valence-corrected chi connectivity index (χ0v) is 20.8. The molecule has 0 aliphatic carbocycles. The van der Waals surface area contributed by atoms with Crippen molar-refractivity contribution in [3.63, 3.8) is 0 Å². The normalized spacial score (nSPS) is 15.4. The van der Waals surface area contributed by atoms with Gasteiger partial charge in [-0.1, -0.05) is 32.1 Å². The Bertz CT molecular complexity index is 1170. The molecule has 1 heterocycles. The smallest absolute Gasteiger partial charge is 0.483 e. The number of halogens is 3. The molecule has 0 spiro atoms. The predicted octanol–water partition coefficient (Wildman–Crippen LogP) is 5.97. The van der Waals surface area contributed by atoms with Gasteiger partial charge in [0.2, 0.25) is 0 Å². The van der Waals surface area contributed by atoms with Crippen molar-refractivity contribution in [1.29, 1.82) is 0 Å². The first-order valence-corrected chi connectivity index (χ1v) is 12.6. The van der Waals surface area contributed by atoms with E-state index >= 15 is 0 Å². The van der Waals surface area contributed by atoms with Crippen LogP contribution in [0.1, 0.15) is 44.4 Å². The van der Waals surface area contributed by atoms with E-state index < -0.39 is 38.3 Å². The van der Waals surface area contributed by atoms with Gasteiger partial charge in [-0.05, 0) is 68.2 Å². The summed E-state index contributed by atoms with van der Waals surface area (Å²) in [6, 6.07) is 9.38. The minimum atomic E-state index is -5.00. The van der Waals surface area contributed by atoms with Gasteiger partial charge in [-0.15, -0.1) is 13.2 Å². The molecule has 0 amide bonds. The minimum Gasteiger partial charge on any atom is -0.483 e. The van der Waals surface area contributed by atoms with Gasteiger partial charge >= 0.3 is 6.36 Å². The van der Waals surface area contributed by atoms with Gasteiger partial charge in [-0.25, -0.2) is 8.42 Å². The molecule has 0 unspecified atom stereocenters. The monoisotopic (exact) mass is 497 g/mol. The highest BCUT2D eigenvalue weighted by Gasteiger charge is 2.34. The van der Waals surface area contributed by atoms with E-state index in [1.807, 2.05) is 58.0 Å². The topological polar surface area (TPSA) is 55.8 Å². The fraction of sp³-hybridized carbons (Fsp3) is 0.440. The van der Waals surface area contributed by atoms with Crippen molar-refractivity contribution in [1.82, 2.24) is 4.90 Å². The van der Waals surface area contributed by atoms with Crippen molar-refractivity contribution >= 4 is 15.9 Å². The molecule has 2 aromatic carbocycles. The lowest BCUT2D eigenvalue weighted by Crippen LogP contribution is -2.33. The second-order valence-corrected chi connectivity index (χ2v) is 11.5. The number of benzene rings is 2. The van der Waals surface area contributed by atoms with Crippen molar-refractivity contribution in [2.45, 2.75) is 58.0 Å². The summed E-state index contributed by atoms with van der Waals surface area (Å²) >= 11 is 0. The van der Waals surface area contributed by atoms with E-state index in [4.69, 9.17) is 4.74 Å². The maximum atomic E-state index is 13.2. The number of nitrogens with zero attached hydrogens (tertiary/aromatic N) is 1. The lowest BCUT2D eigenvalue weighted by atomic mass is 10.0. The summed E-state index contributed by atoms with van der Waals surface area (Å²) in [4.78, 5) is 1.24. The highest BCUT2D eigenvalue weighted by molar-refractivity contribution is 7.91. The van der Waals surface area contributed by atoms with E-state index in [1.54, 1.807) is 11.8 Å². The summed E-state index contributed by atoms with van der Waals surface area (Å²) in [5.41, 5.74) is 1.82. The molecule has 186 valence electrons. The number of hydrogen-bond acceptors (Lipinski definition) is 5. The third-order valence-electron chi connectivity index (χ3n) is 5.15. The predicted molar refractivity (Wildman–Crippen MR) is 125 cm³/mol. The van der Waals surface area contributed by atoms with Crippen LogP contribution in [0.25, 0.3) is 6.08 Å². The summed E-state index contributed by atoms with van der Waals surface area (Å²) in [7, 11) is -4.12. The zero-order valence-electron chi connectivity index (χ0n) is 19.9. The van der Waals surface area contributed by atoms with Crippen LogP contribution in [0, 0.1) is 12.8 Å². The maximum absolute atomic E-state index is 13.2. The summed E-state index contributed by atoms with van der Waals surface area (Å²) in [6.07, 6.45) is -1.07. The van der Waals surface area contributed by atoms with Crippen molar-refractivity contribution in [3.8, 4) is 11.5 Å². The molecule has 5 nitrogen and oxygen atoms in total. The summed E-state index contributed by atoms with van der Waals surface area (Å²) < 4.78 is 75.1. The number of sulfone groups is 1.